The Hall–Kier alpha value is -1.89. The zero-order valence-corrected chi connectivity index (χ0v) is 10.9. The first-order valence-corrected chi connectivity index (χ1v) is 6.65. The van der Waals surface area contributed by atoms with Crippen molar-refractivity contribution in [2.45, 2.75) is 16.1 Å². The molecule has 2 aromatic carbocycles. The first-order chi connectivity index (χ1) is 9.56. The monoisotopic (exact) mass is 291 g/mol. The predicted molar refractivity (Wildman–Crippen MR) is 72.1 cm³/mol. The zero-order valence-electron chi connectivity index (χ0n) is 10.1. The van der Waals surface area contributed by atoms with Gasteiger partial charge in [0.1, 0.15) is 5.82 Å². The lowest BCUT2D eigenvalue weighted by Crippen LogP contribution is -2.12. The molecule has 3 rings (SSSR count). The van der Waals surface area contributed by atoms with E-state index in [1.807, 2.05) is 0 Å². The third-order valence-electron chi connectivity index (χ3n) is 2.98. The normalized spacial score (nSPS) is 13.5. The molecule has 0 radical (unpaired) electrons. The summed E-state index contributed by atoms with van der Waals surface area (Å²) in [5, 5.41) is 20.9. The van der Waals surface area contributed by atoms with Crippen LogP contribution in [-0.4, -0.2) is 16.1 Å². The van der Waals surface area contributed by atoms with Gasteiger partial charge in [-0.1, -0.05) is 23.9 Å². The van der Waals surface area contributed by atoms with E-state index in [0.717, 1.165) is 4.90 Å². The molecule has 0 saturated carbocycles. The van der Waals surface area contributed by atoms with E-state index in [4.69, 9.17) is 10.2 Å². The molecule has 0 atom stereocenters. The molecule has 0 saturated heterocycles. The van der Waals surface area contributed by atoms with Crippen molar-refractivity contribution in [1.82, 2.24) is 0 Å². The maximum absolute atomic E-state index is 13.8. The van der Waals surface area contributed by atoms with E-state index in [2.05, 4.69) is 5.32 Å². The van der Waals surface area contributed by atoms with Crippen LogP contribution in [0.1, 0.15) is 22.2 Å². The van der Waals surface area contributed by atoms with Gasteiger partial charge in [0, 0.05) is 15.4 Å². The van der Waals surface area contributed by atoms with E-state index in [1.54, 1.807) is 24.3 Å². The van der Waals surface area contributed by atoms with E-state index in [0.29, 0.717) is 16.1 Å². The number of rotatable bonds is 1. The fraction of sp³-hybridized carbons (Fsp3) is 0.0714. The van der Waals surface area contributed by atoms with Crippen LogP contribution in [0.3, 0.4) is 0 Å². The molecule has 0 unspecified atom stereocenters. The SMILES string of the molecule is O=C1Nc2cc(C(O)O)c(F)cc2Sc2ccccc21. The van der Waals surface area contributed by atoms with Crippen molar-refractivity contribution in [3.05, 3.63) is 53.3 Å². The summed E-state index contributed by atoms with van der Waals surface area (Å²) < 4.78 is 13.8. The Bertz CT molecular complexity index is 703. The van der Waals surface area contributed by atoms with E-state index < -0.39 is 12.1 Å². The summed E-state index contributed by atoms with van der Waals surface area (Å²) in [6.45, 7) is 0. The van der Waals surface area contributed by atoms with E-state index in [1.165, 1.54) is 23.9 Å². The van der Waals surface area contributed by atoms with Crippen molar-refractivity contribution in [1.29, 1.82) is 0 Å². The molecule has 6 heteroatoms. The van der Waals surface area contributed by atoms with Crippen LogP contribution in [0, 0.1) is 5.82 Å². The summed E-state index contributed by atoms with van der Waals surface area (Å²) in [5.74, 6) is -1.03. The molecule has 1 heterocycles. The maximum Gasteiger partial charge on any atom is 0.256 e. The molecule has 3 N–H and O–H groups in total. The molecule has 0 aliphatic carbocycles. The number of halogens is 1. The van der Waals surface area contributed by atoms with E-state index in [-0.39, 0.29) is 11.5 Å². The molecule has 102 valence electrons. The topological polar surface area (TPSA) is 69.6 Å². The molecule has 2 aromatic rings. The smallest absolute Gasteiger partial charge is 0.256 e. The Morgan fingerprint density at radius 3 is 2.65 bits per heavy atom. The number of hydrogen-bond donors (Lipinski definition) is 3. The minimum Gasteiger partial charge on any atom is -0.364 e. The summed E-state index contributed by atoms with van der Waals surface area (Å²) in [7, 11) is 0. The predicted octanol–water partition coefficient (Wildman–Crippen LogP) is 2.53. The third kappa shape index (κ3) is 2.18. The Morgan fingerprint density at radius 2 is 1.90 bits per heavy atom. The molecule has 4 nitrogen and oxygen atoms in total. The summed E-state index contributed by atoms with van der Waals surface area (Å²) in [4.78, 5) is 13.3. The molecule has 0 spiro atoms. The number of carbonyl (C=O) groups excluding carboxylic acids is 1. The number of anilines is 1. The van der Waals surface area contributed by atoms with Crippen molar-refractivity contribution in [3.8, 4) is 0 Å². The second-order valence-corrected chi connectivity index (χ2v) is 5.38. The first kappa shape index (κ1) is 13.1. The number of aliphatic hydroxyl groups excluding tert-OH is 1. The van der Waals surface area contributed by atoms with Crippen molar-refractivity contribution in [3.63, 3.8) is 0 Å². The largest absolute Gasteiger partial charge is 0.364 e. The fourth-order valence-electron chi connectivity index (χ4n) is 2.00. The Labute approximate surface area is 118 Å². The molecule has 20 heavy (non-hydrogen) atoms. The molecular weight excluding hydrogens is 281 g/mol. The van der Waals surface area contributed by atoms with Gasteiger partial charge in [-0.3, -0.25) is 4.79 Å². The van der Waals surface area contributed by atoms with Gasteiger partial charge in [0.05, 0.1) is 11.3 Å². The summed E-state index contributed by atoms with van der Waals surface area (Å²) in [6.07, 6.45) is -1.92. The van der Waals surface area contributed by atoms with Gasteiger partial charge in [-0.2, -0.15) is 0 Å². The first-order valence-electron chi connectivity index (χ1n) is 5.84. The van der Waals surface area contributed by atoms with Crippen LogP contribution in [0.5, 0.6) is 0 Å². The van der Waals surface area contributed by atoms with Crippen molar-refractivity contribution < 1.29 is 19.4 Å². The molecular formula is C14H10FNO3S. The quantitative estimate of drug-likeness (QED) is 0.706. The van der Waals surface area contributed by atoms with Crippen molar-refractivity contribution in [2.75, 3.05) is 5.32 Å². The number of amides is 1. The Morgan fingerprint density at radius 1 is 1.15 bits per heavy atom. The van der Waals surface area contributed by atoms with Crippen molar-refractivity contribution in [2.24, 2.45) is 0 Å². The summed E-state index contributed by atoms with van der Waals surface area (Å²) >= 11 is 1.26. The number of carbonyl (C=O) groups is 1. The summed E-state index contributed by atoms with van der Waals surface area (Å²) in [5.41, 5.74) is 0.594. The van der Waals surface area contributed by atoms with Gasteiger partial charge < -0.3 is 15.5 Å². The van der Waals surface area contributed by atoms with Crippen LogP contribution >= 0.6 is 11.8 Å². The average Bonchev–Trinajstić information content (AvgIpc) is 2.54. The lowest BCUT2D eigenvalue weighted by atomic mass is 10.1. The van der Waals surface area contributed by atoms with Gasteiger partial charge in [0.25, 0.3) is 5.91 Å². The summed E-state index contributed by atoms with van der Waals surface area (Å²) in [6, 6.07) is 9.44. The lowest BCUT2D eigenvalue weighted by Gasteiger charge is -2.11. The van der Waals surface area contributed by atoms with Crippen LogP contribution in [0.25, 0.3) is 0 Å². The number of hydrogen-bond acceptors (Lipinski definition) is 4. The highest BCUT2D eigenvalue weighted by atomic mass is 32.2. The standard InChI is InChI=1S/C14H10FNO3S/c15-9-6-12-10(5-8(9)14(18)19)16-13(17)7-3-1-2-4-11(7)20-12/h1-6,14,18-19H,(H,16,17). The number of benzene rings is 2. The van der Waals surface area contributed by atoms with Crippen molar-refractivity contribution >= 4 is 23.4 Å². The Kier molecular flexibility index (Phi) is 3.21. The lowest BCUT2D eigenvalue weighted by molar-refractivity contribution is -0.0449. The molecule has 0 aromatic heterocycles. The minimum absolute atomic E-state index is 0.268. The minimum atomic E-state index is -1.92. The van der Waals surface area contributed by atoms with Gasteiger partial charge in [0.2, 0.25) is 0 Å². The third-order valence-corrected chi connectivity index (χ3v) is 4.11. The van der Waals surface area contributed by atoms with Gasteiger partial charge in [0.15, 0.2) is 6.29 Å². The van der Waals surface area contributed by atoms with Crippen LogP contribution in [0.15, 0.2) is 46.2 Å². The molecule has 0 bridgehead atoms. The molecule has 1 aliphatic rings. The second kappa shape index (κ2) is 4.90. The molecule has 1 aliphatic heterocycles. The zero-order chi connectivity index (χ0) is 14.3. The fourth-order valence-corrected chi connectivity index (χ4v) is 3.04. The van der Waals surface area contributed by atoms with Crippen LogP contribution in [0.2, 0.25) is 0 Å². The highest BCUT2D eigenvalue weighted by Gasteiger charge is 2.22. The van der Waals surface area contributed by atoms with Gasteiger partial charge in [-0.15, -0.1) is 0 Å². The van der Waals surface area contributed by atoms with Crippen LogP contribution in [-0.2, 0) is 0 Å². The second-order valence-electron chi connectivity index (χ2n) is 4.30. The van der Waals surface area contributed by atoms with Gasteiger partial charge in [-0.05, 0) is 24.3 Å². The molecule has 0 fully saturated rings. The Balaban J connectivity index is 2.14. The van der Waals surface area contributed by atoms with E-state index in [9.17, 15) is 9.18 Å². The van der Waals surface area contributed by atoms with Crippen LogP contribution < -0.4 is 5.32 Å². The number of fused-ring (bicyclic) bond motifs is 2. The van der Waals surface area contributed by atoms with Gasteiger partial charge >= 0.3 is 0 Å². The highest BCUT2D eigenvalue weighted by Crippen LogP contribution is 2.40. The van der Waals surface area contributed by atoms with Crippen LogP contribution in [0.4, 0.5) is 10.1 Å². The van der Waals surface area contributed by atoms with E-state index >= 15 is 0 Å². The highest BCUT2D eigenvalue weighted by molar-refractivity contribution is 7.99. The van der Waals surface area contributed by atoms with Gasteiger partial charge in [-0.25, -0.2) is 4.39 Å². The average molecular weight is 291 g/mol. The molecule has 1 amide bonds. The number of nitrogens with one attached hydrogen (secondary N) is 1. The number of aliphatic hydroxyl groups is 2. The maximum atomic E-state index is 13.8.